The molecule has 0 radical (unpaired) electrons. The maximum atomic E-state index is 12.3. The minimum Gasteiger partial charge on any atom is -0.302 e. The fraction of sp³-hybridized carbons (Fsp3) is 0.0625. The van der Waals surface area contributed by atoms with Crippen LogP contribution in [0.3, 0.4) is 0 Å². The molecule has 1 aliphatic rings. The van der Waals surface area contributed by atoms with E-state index in [0.717, 1.165) is 0 Å². The SMILES string of the molecule is O=C1NC(=S)NC(=O)C1C=Nc1ccc(S(=O)(=O)Nc2ccccn2)cc1. The van der Waals surface area contributed by atoms with Crippen molar-refractivity contribution < 1.29 is 18.0 Å². The van der Waals surface area contributed by atoms with Crippen LogP contribution in [0.4, 0.5) is 11.5 Å². The van der Waals surface area contributed by atoms with Crippen molar-refractivity contribution in [2.45, 2.75) is 4.90 Å². The Morgan fingerprint density at radius 3 is 2.33 bits per heavy atom. The maximum absolute atomic E-state index is 12.3. The number of aromatic nitrogens is 1. The molecule has 0 atom stereocenters. The summed E-state index contributed by atoms with van der Waals surface area (Å²) in [6.45, 7) is 0. The lowest BCUT2D eigenvalue weighted by Gasteiger charge is -2.19. The highest BCUT2D eigenvalue weighted by molar-refractivity contribution is 7.92. The van der Waals surface area contributed by atoms with Gasteiger partial charge in [0.25, 0.3) is 10.0 Å². The molecular formula is C16H13N5O4S2. The van der Waals surface area contributed by atoms with Gasteiger partial charge in [-0.2, -0.15) is 0 Å². The molecule has 3 rings (SSSR count). The second-order valence-electron chi connectivity index (χ2n) is 5.38. The second-order valence-corrected chi connectivity index (χ2v) is 7.47. The summed E-state index contributed by atoms with van der Waals surface area (Å²) in [5, 5.41) is 4.60. The zero-order valence-electron chi connectivity index (χ0n) is 13.6. The Morgan fingerprint density at radius 2 is 1.74 bits per heavy atom. The lowest BCUT2D eigenvalue weighted by molar-refractivity contribution is -0.131. The molecule has 0 aliphatic carbocycles. The molecule has 1 aliphatic heterocycles. The molecule has 0 saturated carbocycles. The van der Waals surface area contributed by atoms with Crippen LogP contribution >= 0.6 is 12.2 Å². The fourth-order valence-corrected chi connectivity index (χ4v) is 3.37. The Bertz CT molecular complexity index is 1000. The van der Waals surface area contributed by atoms with Gasteiger partial charge in [0.05, 0.1) is 10.6 Å². The smallest absolute Gasteiger partial charge is 0.263 e. The molecule has 1 fully saturated rings. The molecule has 1 aromatic carbocycles. The molecular weight excluding hydrogens is 390 g/mol. The van der Waals surface area contributed by atoms with Crippen LogP contribution in [0, 0.1) is 5.92 Å². The van der Waals surface area contributed by atoms with Gasteiger partial charge in [-0.25, -0.2) is 13.4 Å². The number of carbonyl (C=O) groups excluding carboxylic acids is 2. The molecule has 27 heavy (non-hydrogen) atoms. The lowest BCUT2D eigenvalue weighted by atomic mass is 10.1. The molecule has 2 aromatic rings. The number of pyridine rings is 1. The first-order chi connectivity index (χ1) is 12.8. The average molecular weight is 403 g/mol. The van der Waals surface area contributed by atoms with Crippen LogP contribution in [0.2, 0.25) is 0 Å². The summed E-state index contributed by atoms with van der Waals surface area (Å²) in [4.78, 5) is 31.5. The van der Waals surface area contributed by atoms with E-state index in [1.165, 1.54) is 42.7 Å². The average Bonchev–Trinajstić information content (AvgIpc) is 2.61. The first kappa shape index (κ1) is 18.6. The van der Waals surface area contributed by atoms with Gasteiger partial charge in [-0.3, -0.25) is 19.3 Å². The van der Waals surface area contributed by atoms with Crippen LogP contribution in [0.25, 0.3) is 0 Å². The van der Waals surface area contributed by atoms with Crippen molar-refractivity contribution in [2.75, 3.05) is 4.72 Å². The van der Waals surface area contributed by atoms with Crippen molar-refractivity contribution in [3.8, 4) is 0 Å². The first-order valence-corrected chi connectivity index (χ1v) is 9.48. The van der Waals surface area contributed by atoms with Crippen LogP contribution in [-0.2, 0) is 19.6 Å². The summed E-state index contributed by atoms with van der Waals surface area (Å²) in [6, 6.07) is 10.5. The van der Waals surface area contributed by atoms with Gasteiger partial charge >= 0.3 is 0 Å². The van der Waals surface area contributed by atoms with Crippen molar-refractivity contribution >= 4 is 56.9 Å². The third kappa shape index (κ3) is 4.51. The molecule has 9 nitrogen and oxygen atoms in total. The summed E-state index contributed by atoms with van der Waals surface area (Å²) in [6.07, 6.45) is 2.64. The minimum absolute atomic E-state index is 0.0191. The van der Waals surface area contributed by atoms with Gasteiger partial charge < -0.3 is 10.6 Å². The van der Waals surface area contributed by atoms with E-state index < -0.39 is 27.8 Å². The van der Waals surface area contributed by atoms with E-state index in [1.54, 1.807) is 12.1 Å². The summed E-state index contributed by atoms with van der Waals surface area (Å²) in [5.41, 5.74) is 0.375. The minimum atomic E-state index is -3.80. The molecule has 11 heteroatoms. The quantitative estimate of drug-likeness (QED) is 0.383. The van der Waals surface area contributed by atoms with E-state index in [9.17, 15) is 18.0 Å². The number of rotatable bonds is 5. The molecule has 0 unspecified atom stereocenters. The van der Waals surface area contributed by atoms with E-state index in [-0.39, 0.29) is 15.8 Å². The lowest BCUT2D eigenvalue weighted by Crippen LogP contribution is -2.56. The Balaban J connectivity index is 1.72. The van der Waals surface area contributed by atoms with Gasteiger partial charge in [0.2, 0.25) is 11.8 Å². The second kappa shape index (κ2) is 7.60. The van der Waals surface area contributed by atoms with Gasteiger partial charge in [0.1, 0.15) is 5.82 Å². The Labute approximate surface area is 160 Å². The fourth-order valence-electron chi connectivity index (χ4n) is 2.16. The standard InChI is InChI=1S/C16H13N5O4S2/c22-14-12(15(23)20-16(26)19-14)9-18-10-4-6-11(7-5-10)27(24,25)21-13-3-1-2-8-17-13/h1-9,12H,(H,17,21)(H2,19,20,22,23,26). The molecule has 0 spiro atoms. The van der Waals surface area contributed by atoms with Crippen molar-refractivity contribution in [3.05, 3.63) is 48.7 Å². The van der Waals surface area contributed by atoms with E-state index in [4.69, 9.17) is 12.2 Å². The van der Waals surface area contributed by atoms with Crippen LogP contribution in [-0.4, -0.2) is 36.5 Å². The van der Waals surface area contributed by atoms with Crippen LogP contribution in [0.15, 0.2) is 58.5 Å². The van der Waals surface area contributed by atoms with E-state index in [1.807, 2.05) is 0 Å². The Morgan fingerprint density at radius 1 is 1.07 bits per heavy atom. The van der Waals surface area contributed by atoms with Crippen molar-refractivity contribution in [2.24, 2.45) is 10.9 Å². The number of thiocarbonyl (C=S) groups is 1. The summed E-state index contributed by atoms with van der Waals surface area (Å²) in [5.74, 6) is -2.07. The van der Waals surface area contributed by atoms with E-state index >= 15 is 0 Å². The number of amides is 2. The number of aliphatic imine (C=N–C) groups is 1. The highest BCUT2D eigenvalue weighted by atomic mass is 32.2. The van der Waals surface area contributed by atoms with Gasteiger partial charge in [-0.1, -0.05) is 6.07 Å². The predicted molar refractivity (Wildman–Crippen MR) is 102 cm³/mol. The molecule has 0 bridgehead atoms. The number of nitrogens with one attached hydrogen (secondary N) is 3. The molecule has 2 amide bonds. The molecule has 138 valence electrons. The largest absolute Gasteiger partial charge is 0.302 e. The molecule has 3 N–H and O–H groups in total. The van der Waals surface area contributed by atoms with Gasteiger partial charge in [-0.15, -0.1) is 0 Å². The molecule has 2 heterocycles. The van der Waals surface area contributed by atoms with Crippen LogP contribution < -0.4 is 15.4 Å². The Hall–Kier alpha value is -3.18. The summed E-state index contributed by atoms with van der Waals surface area (Å²) >= 11 is 4.71. The normalized spacial score (nSPS) is 15.5. The monoisotopic (exact) mass is 403 g/mol. The summed E-state index contributed by atoms with van der Waals surface area (Å²) in [7, 11) is -3.80. The highest BCUT2D eigenvalue weighted by Crippen LogP contribution is 2.19. The van der Waals surface area contributed by atoms with E-state index in [0.29, 0.717) is 5.69 Å². The molecule has 1 aromatic heterocycles. The number of benzene rings is 1. The van der Waals surface area contributed by atoms with Crippen molar-refractivity contribution in [1.29, 1.82) is 0 Å². The highest BCUT2D eigenvalue weighted by Gasteiger charge is 2.31. The number of sulfonamides is 1. The van der Waals surface area contributed by atoms with Gasteiger partial charge in [0, 0.05) is 12.4 Å². The summed E-state index contributed by atoms with van der Waals surface area (Å²) < 4.78 is 27.0. The number of anilines is 1. The third-order valence-corrected chi connectivity index (χ3v) is 5.04. The van der Waals surface area contributed by atoms with Crippen molar-refractivity contribution in [3.63, 3.8) is 0 Å². The first-order valence-electron chi connectivity index (χ1n) is 7.59. The zero-order valence-corrected chi connectivity index (χ0v) is 15.3. The maximum Gasteiger partial charge on any atom is 0.263 e. The number of carbonyl (C=O) groups is 2. The third-order valence-electron chi connectivity index (χ3n) is 3.46. The van der Waals surface area contributed by atoms with Crippen LogP contribution in [0.5, 0.6) is 0 Å². The topological polar surface area (TPSA) is 130 Å². The number of hydrogen-bond acceptors (Lipinski definition) is 7. The molecule has 1 saturated heterocycles. The number of hydrogen-bond donors (Lipinski definition) is 3. The van der Waals surface area contributed by atoms with Crippen molar-refractivity contribution in [1.82, 2.24) is 15.6 Å². The van der Waals surface area contributed by atoms with E-state index in [2.05, 4.69) is 25.3 Å². The van der Waals surface area contributed by atoms with Gasteiger partial charge in [-0.05, 0) is 48.6 Å². The Kier molecular flexibility index (Phi) is 5.23. The van der Waals surface area contributed by atoms with Gasteiger partial charge in [0.15, 0.2) is 11.0 Å². The van der Waals surface area contributed by atoms with Crippen LogP contribution in [0.1, 0.15) is 0 Å². The number of nitrogens with zero attached hydrogens (tertiary/aromatic N) is 2. The predicted octanol–water partition coefficient (Wildman–Crippen LogP) is 0.732. The zero-order chi connectivity index (χ0) is 19.4.